The predicted octanol–water partition coefficient (Wildman–Crippen LogP) is 2.45. The minimum Gasteiger partial charge on any atom is -0.497 e. The van der Waals surface area contributed by atoms with Crippen LogP contribution in [0.25, 0.3) is 0 Å². The first-order valence-electron chi connectivity index (χ1n) is 4.86. The average molecular weight is 303 g/mol. The van der Waals surface area contributed by atoms with Crippen LogP contribution in [-0.4, -0.2) is 23.3 Å². The number of rotatable bonds is 1. The third-order valence-electron chi connectivity index (χ3n) is 2.66. The molecule has 3 heteroatoms. The maximum Gasteiger partial charge on any atom is 0.119 e. The van der Waals surface area contributed by atoms with Crippen LogP contribution in [0.15, 0.2) is 18.2 Å². The molecule has 1 heterocycles. The van der Waals surface area contributed by atoms with E-state index in [1.165, 1.54) is 11.1 Å². The first kappa shape index (κ1) is 10.2. The zero-order valence-corrected chi connectivity index (χ0v) is 10.5. The summed E-state index contributed by atoms with van der Waals surface area (Å²) in [6.07, 6.45) is 2.29. The van der Waals surface area contributed by atoms with Crippen molar-refractivity contribution >= 4 is 22.9 Å². The third kappa shape index (κ3) is 2.20. The van der Waals surface area contributed by atoms with Crippen molar-refractivity contribution in [1.82, 2.24) is 3.11 Å². The topological polar surface area (TPSA) is 12.5 Å². The molecule has 1 aliphatic rings. The van der Waals surface area contributed by atoms with Crippen molar-refractivity contribution in [2.45, 2.75) is 12.8 Å². The first-order chi connectivity index (χ1) is 6.79. The minimum atomic E-state index is 0.977. The second kappa shape index (κ2) is 4.49. The number of benzene rings is 1. The third-order valence-corrected chi connectivity index (χ3v) is 3.63. The molecule has 0 saturated carbocycles. The van der Waals surface area contributed by atoms with Crippen molar-refractivity contribution in [3.05, 3.63) is 29.3 Å². The second-order valence-corrected chi connectivity index (χ2v) is 4.91. The quantitative estimate of drug-likeness (QED) is 0.584. The summed E-state index contributed by atoms with van der Waals surface area (Å²) in [5.74, 6) is 0.977. The Kier molecular flexibility index (Phi) is 3.28. The van der Waals surface area contributed by atoms with Gasteiger partial charge >= 0.3 is 0 Å². The predicted molar refractivity (Wildman–Crippen MR) is 66.0 cm³/mol. The number of fused-ring (bicyclic) bond motifs is 1. The summed E-state index contributed by atoms with van der Waals surface area (Å²) in [5, 5.41) is 0. The molecule has 14 heavy (non-hydrogen) atoms. The number of methoxy groups -OCH3 is 1. The normalized spacial score (nSPS) is 17.3. The van der Waals surface area contributed by atoms with Gasteiger partial charge < -0.3 is 4.74 Å². The van der Waals surface area contributed by atoms with Crippen LogP contribution in [0.5, 0.6) is 5.75 Å². The first-order valence-corrected chi connectivity index (χ1v) is 5.82. The lowest BCUT2D eigenvalue weighted by molar-refractivity contribution is 0.414. The summed E-state index contributed by atoms with van der Waals surface area (Å²) in [5.41, 5.74) is 2.92. The molecule has 76 valence electrons. The smallest absolute Gasteiger partial charge is 0.119 e. The maximum atomic E-state index is 5.23. The molecule has 1 aromatic carbocycles. The monoisotopic (exact) mass is 303 g/mol. The number of ether oxygens (including phenoxy) is 1. The van der Waals surface area contributed by atoms with Crippen LogP contribution in [0.3, 0.4) is 0 Å². The van der Waals surface area contributed by atoms with Crippen molar-refractivity contribution < 1.29 is 4.74 Å². The van der Waals surface area contributed by atoms with Gasteiger partial charge in [0.2, 0.25) is 0 Å². The van der Waals surface area contributed by atoms with E-state index in [1.54, 1.807) is 7.11 Å². The highest BCUT2D eigenvalue weighted by atomic mass is 127. The summed E-state index contributed by atoms with van der Waals surface area (Å²) in [6, 6.07) is 6.43. The number of nitrogens with zero attached hydrogens (tertiary/aromatic N) is 1. The van der Waals surface area contributed by atoms with Gasteiger partial charge in [0.15, 0.2) is 0 Å². The van der Waals surface area contributed by atoms with Crippen LogP contribution >= 0.6 is 22.9 Å². The van der Waals surface area contributed by atoms with Crippen LogP contribution < -0.4 is 4.74 Å². The highest BCUT2D eigenvalue weighted by Gasteiger charge is 2.12. The van der Waals surface area contributed by atoms with Gasteiger partial charge in [-0.1, -0.05) is 6.07 Å². The van der Waals surface area contributed by atoms with E-state index >= 15 is 0 Å². The molecule has 0 N–H and O–H groups in total. The molecule has 0 aliphatic carbocycles. The fourth-order valence-corrected chi connectivity index (χ4v) is 2.28. The lowest BCUT2D eigenvalue weighted by Crippen LogP contribution is -2.13. The van der Waals surface area contributed by atoms with Crippen LogP contribution in [0, 0.1) is 0 Å². The van der Waals surface area contributed by atoms with Gasteiger partial charge in [-0.05, 0) is 36.1 Å². The molecule has 0 bridgehead atoms. The van der Waals surface area contributed by atoms with Crippen LogP contribution in [0.4, 0.5) is 0 Å². The molecule has 2 rings (SSSR count). The van der Waals surface area contributed by atoms with Crippen molar-refractivity contribution in [3.8, 4) is 5.75 Å². The van der Waals surface area contributed by atoms with Gasteiger partial charge in [-0.3, -0.25) is 0 Å². The van der Waals surface area contributed by atoms with Crippen LogP contribution in [-0.2, 0) is 12.8 Å². The molecule has 2 nitrogen and oxygen atoms in total. The Morgan fingerprint density at radius 2 is 1.93 bits per heavy atom. The fraction of sp³-hybridized carbons (Fsp3) is 0.455. The second-order valence-electron chi connectivity index (χ2n) is 3.54. The lowest BCUT2D eigenvalue weighted by atomic mass is 10.0. The Balaban J connectivity index is 2.27. The summed E-state index contributed by atoms with van der Waals surface area (Å²) >= 11 is 2.40. The van der Waals surface area contributed by atoms with Crippen molar-refractivity contribution in [3.63, 3.8) is 0 Å². The number of hydrogen-bond donors (Lipinski definition) is 0. The number of hydrogen-bond acceptors (Lipinski definition) is 2. The average Bonchev–Trinajstić information content (AvgIpc) is 2.40. The minimum absolute atomic E-state index is 0.977. The molecular formula is C11H14INO. The molecule has 0 atom stereocenters. The van der Waals surface area contributed by atoms with Crippen LogP contribution in [0.1, 0.15) is 11.1 Å². The van der Waals surface area contributed by atoms with E-state index in [-0.39, 0.29) is 0 Å². The molecule has 0 saturated heterocycles. The highest BCUT2D eigenvalue weighted by Crippen LogP contribution is 2.22. The number of halogens is 1. The maximum absolute atomic E-state index is 5.23. The molecular weight excluding hydrogens is 289 g/mol. The molecule has 0 spiro atoms. The molecule has 0 unspecified atom stereocenters. The van der Waals surface area contributed by atoms with Crippen LogP contribution in [0.2, 0.25) is 0 Å². The Hall–Kier alpha value is -0.290. The Morgan fingerprint density at radius 3 is 2.64 bits per heavy atom. The van der Waals surface area contributed by atoms with Gasteiger partial charge in [0.1, 0.15) is 5.75 Å². The Labute approximate surface area is 98.7 Å². The molecule has 0 radical (unpaired) electrons. The summed E-state index contributed by atoms with van der Waals surface area (Å²) in [7, 11) is 1.73. The van der Waals surface area contributed by atoms with E-state index in [2.05, 4.69) is 44.2 Å². The van der Waals surface area contributed by atoms with Crippen molar-refractivity contribution in [1.29, 1.82) is 0 Å². The van der Waals surface area contributed by atoms with E-state index < -0.39 is 0 Å². The van der Waals surface area contributed by atoms with E-state index in [9.17, 15) is 0 Å². The van der Waals surface area contributed by atoms with Gasteiger partial charge in [0, 0.05) is 36.0 Å². The van der Waals surface area contributed by atoms with Crippen molar-refractivity contribution in [2.75, 3.05) is 20.2 Å². The molecule has 1 aromatic rings. The zero-order chi connectivity index (χ0) is 9.97. The highest BCUT2D eigenvalue weighted by molar-refractivity contribution is 14.1. The van der Waals surface area contributed by atoms with Gasteiger partial charge in [-0.25, -0.2) is 3.11 Å². The molecule has 0 fully saturated rings. The molecule has 0 aromatic heterocycles. The summed E-state index contributed by atoms with van der Waals surface area (Å²) in [4.78, 5) is 0. The van der Waals surface area contributed by atoms with E-state index in [1.807, 2.05) is 0 Å². The lowest BCUT2D eigenvalue weighted by Gasteiger charge is -2.07. The Morgan fingerprint density at radius 1 is 1.21 bits per heavy atom. The van der Waals surface area contributed by atoms with Gasteiger partial charge in [-0.2, -0.15) is 0 Å². The summed E-state index contributed by atoms with van der Waals surface area (Å²) < 4.78 is 7.58. The fourth-order valence-electron chi connectivity index (χ4n) is 1.80. The van der Waals surface area contributed by atoms with E-state index in [0.29, 0.717) is 0 Å². The van der Waals surface area contributed by atoms with Crippen molar-refractivity contribution in [2.24, 2.45) is 0 Å². The van der Waals surface area contributed by atoms with E-state index in [4.69, 9.17) is 4.74 Å². The van der Waals surface area contributed by atoms with E-state index in [0.717, 1.165) is 31.7 Å². The Bertz CT molecular complexity index is 327. The standard InChI is InChI=1S/C11H14INO/c1-14-11-3-2-9-4-6-13(12)7-5-10(9)8-11/h2-3,8H,4-7H2,1H3. The van der Waals surface area contributed by atoms with Gasteiger partial charge in [0.25, 0.3) is 0 Å². The molecule has 1 aliphatic heterocycles. The van der Waals surface area contributed by atoms with Gasteiger partial charge in [0.05, 0.1) is 7.11 Å². The largest absolute Gasteiger partial charge is 0.497 e. The zero-order valence-electron chi connectivity index (χ0n) is 8.29. The summed E-state index contributed by atoms with van der Waals surface area (Å²) in [6.45, 7) is 2.29. The molecule has 0 amide bonds. The SMILES string of the molecule is COc1ccc2c(c1)CCN(I)CC2. The van der Waals surface area contributed by atoms with Gasteiger partial charge in [-0.15, -0.1) is 0 Å².